The number of rotatable bonds is 6. The molecule has 1 unspecified atom stereocenters. The fraction of sp³-hybridized carbons (Fsp3) is 0.0426. The van der Waals surface area contributed by atoms with Gasteiger partial charge in [0, 0.05) is 34.6 Å². The topological polar surface area (TPSA) is 25.4 Å². The van der Waals surface area contributed by atoms with Gasteiger partial charge in [-0.1, -0.05) is 121 Å². The van der Waals surface area contributed by atoms with Crippen LogP contribution in [0.2, 0.25) is 0 Å². The van der Waals surface area contributed by atoms with Crippen molar-refractivity contribution in [2.24, 2.45) is 0 Å². The monoisotopic (exact) mass is 672 g/mol. The Hall–Kier alpha value is -6.23. The molecular formula is C47H32N2OS. The van der Waals surface area contributed by atoms with Gasteiger partial charge in [-0.25, -0.2) is 4.98 Å². The van der Waals surface area contributed by atoms with Gasteiger partial charge in [0.15, 0.2) is 0 Å². The summed E-state index contributed by atoms with van der Waals surface area (Å²) in [5, 5.41) is 3.53. The fourth-order valence-corrected chi connectivity index (χ4v) is 8.70. The smallest absolute Gasteiger partial charge is 0.132 e. The highest BCUT2D eigenvalue weighted by molar-refractivity contribution is 7.21. The maximum absolute atomic E-state index is 6.53. The van der Waals surface area contributed by atoms with E-state index in [0.717, 1.165) is 45.4 Å². The number of fused-ring (bicyclic) bond motifs is 6. The van der Waals surface area contributed by atoms with Crippen LogP contribution in [0.4, 0.5) is 11.4 Å². The molecule has 4 heteroatoms. The number of anilines is 2. The predicted molar refractivity (Wildman–Crippen MR) is 213 cm³/mol. The minimum absolute atomic E-state index is 0.0996. The van der Waals surface area contributed by atoms with Gasteiger partial charge in [0.2, 0.25) is 0 Å². The molecule has 0 bridgehead atoms. The fourth-order valence-electron chi connectivity index (χ4n) is 7.54. The third kappa shape index (κ3) is 5.32. The Kier molecular flexibility index (Phi) is 7.14. The lowest BCUT2D eigenvalue weighted by atomic mass is 9.89. The van der Waals surface area contributed by atoms with Gasteiger partial charge >= 0.3 is 0 Å². The number of allylic oxidation sites excluding steroid dienone is 4. The van der Waals surface area contributed by atoms with Crippen LogP contribution in [0.3, 0.4) is 0 Å². The summed E-state index contributed by atoms with van der Waals surface area (Å²) >= 11 is 1.76. The molecule has 0 N–H and O–H groups in total. The summed E-state index contributed by atoms with van der Waals surface area (Å²) in [4.78, 5) is 7.48. The van der Waals surface area contributed by atoms with Gasteiger partial charge in [0.05, 0.1) is 16.1 Å². The van der Waals surface area contributed by atoms with E-state index in [2.05, 4.69) is 175 Å². The van der Waals surface area contributed by atoms with Crippen LogP contribution in [0.25, 0.3) is 53.8 Å². The Morgan fingerprint density at radius 1 is 0.549 bits per heavy atom. The summed E-state index contributed by atoms with van der Waals surface area (Å²) in [6, 6.07) is 58.4. The van der Waals surface area contributed by atoms with Gasteiger partial charge in [-0.15, -0.1) is 11.3 Å². The first-order valence-electron chi connectivity index (χ1n) is 17.4. The molecule has 3 nitrogen and oxygen atoms in total. The summed E-state index contributed by atoms with van der Waals surface area (Å²) < 4.78 is 7.73. The van der Waals surface area contributed by atoms with Crippen molar-refractivity contribution in [3.8, 4) is 38.6 Å². The molecule has 242 valence electrons. The minimum Gasteiger partial charge on any atom is -0.461 e. The third-order valence-corrected chi connectivity index (χ3v) is 11.2. The number of aromatic nitrogens is 1. The van der Waals surface area contributed by atoms with Gasteiger partial charge < -0.3 is 9.64 Å². The molecule has 0 radical (unpaired) electrons. The zero-order valence-corrected chi connectivity index (χ0v) is 28.6. The lowest BCUT2D eigenvalue weighted by molar-refractivity contribution is 0.423. The molecule has 0 amide bonds. The number of hydrogen-bond acceptors (Lipinski definition) is 4. The third-order valence-electron chi connectivity index (χ3n) is 10.1. The second-order valence-corrected chi connectivity index (χ2v) is 14.2. The van der Waals surface area contributed by atoms with E-state index in [-0.39, 0.29) is 5.92 Å². The summed E-state index contributed by atoms with van der Waals surface area (Å²) in [5.74, 6) is 2.04. The summed E-state index contributed by atoms with van der Waals surface area (Å²) in [6.45, 7) is 0. The Labute approximate surface area is 301 Å². The Bertz CT molecular complexity index is 2640. The lowest BCUT2D eigenvalue weighted by Gasteiger charge is -2.31. The highest BCUT2D eigenvalue weighted by Gasteiger charge is 2.36. The number of hydrogen-bond donors (Lipinski definition) is 0. The van der Waals surface area contributed by atoms with E-state index < -0.39 is 0 Å². The molecule has 1 aliphatic carbocycles. The van der Waals surface area contributed by atoms with Crippen LogP contribution < -0.4 is 9.64 Å². The highest BCUT2D eigenvalue weighted by Crippen LogP contribution is 2.52. The van der Waals surface area contributed by atoms with E-state index in [0.29, 0.717) is 0 Å². The molecule has 0 fully saturated rings. The molecule has 0 spiro atoms. The normalized spacial score (nSPS) is 14.8. The molecule has 0 saturated carbocycles. The molecule has 1 aromatic heterocycles. The summed E-state index contributed by atoms with van der Waals surface area (Å²) in [7, 11) is 0. The first-order chi connectivity index (χ1) is 25.2. The second-order valence-electron chi connectivity index (χ2n) is 13.2. The summed E-state index contributed by atoms with van der Waals surface area (Å²) in [6.07, 6.45) is 5.22. The van der Waals surface area contributed by atoms with Crippen LogP contribution >= 0.6 is 11.3 Å². The molecule has 8 aromatic rings. The average Bonchev–Trinajstić information content (AvgIpc) is 3.81. The van der Waals surface area contributed by atoms with Gasteiger partial charge in [0.1, 0.15) is 16.5 Å². The molecule has 2 aliphatic rings. The van der Waals surface area contributed by atoms with E-state index in [1.54, 1.807) is 11.3 Å². The van der Waals surface area contributed by atoms with Gasteiger partial charge in [0.25, 0.3) is 0 Å². The highest BCUT2D eigenvalue weighted by atomic mass is 32.1. The second kappa shape index (κ2) is 12.3. The average molecular weight is 673 g/mol. The van der Waals surface area contributed by atoms with Crippen LogP contribution in [0.15, 0.2) is 187 Å². The number of ether oxygens (including phenoxy) is 1. The van der Waals surface area contributed by atoms with Crippen LogP contribution in [0.5, 0.6) is 5.75 Å². The van der Waals surface area contributed by atoms with Crippen molar-refractivity contribution in [2.75, 3.05) is 4.90 Å². The Balaban J connectivity index is 1.06. The lowest BCUT2D eigenvalue weighted by Crippen LogP contribution is -2.20. The maximum atomic E-state index is 6.53. The number of nitrogens with zero attached hydrogens (tertiary/aromatic N) is 2. The standard InChI is InChI=1S/C47H32N2OS/c1-3-10-31(11-4-1)33-20-22-38(23-21-33)49(39-17-9-16-36(29-39)37-19-18-32-12-7-8-15-35(32)28-37)40-24-26-43-41(30-40)45-44(50-43)27-25-42-46(45)51-47(48-42)34-13-5-2-6-14-34/h1-29,41H,30H2. The van der Waals surface area contributed by atoms with Crippen molar-refractivity contribution in [1.82, 2.24) is 4.98 Å². The largest absolute Gasteiger partial charge is 0.461 e. The zero-order valence-electron chi connectivity index (χ0n) is 27.7. The SMILES string of the molecule is C1=C2Oc3ccc4nc(-c5ccccc5)sc4c3C2CC(N(c2ccc(-c3ccccc3)cc2)c2cccc(-c3ccc4ccccc4c3)c2)=C1. The van der Waals surface area contributed by atoms with E-state index in [1.807, 2.05) is 6.07 Å². The molecule has 2 heterocycles. The molecule has 10 rings (SSSR count). The van der Waals surface area contributed by atoms with Crippen molar-refractivity contribution in [3.05, 3.63) is 193 Å². The van der Waals surface area contributed by atoms with E-state index in [1.165, 1.54) is 49.0 Å². The van der Waals surface area contributed by atoms with Gasteiger partial charge in [-0.05, 0) is 87.6 Å². The van der Waals surface area contributed by atoms with Crippen molar-refractivity contribution in [2.45, 2.75) is 12.3 Å². The van der Waals surface area contributed by atoms with E-state index in [9.17, 15) is 0 Å². The molecule has 1 atom stereocenters. The summed E-state index contributed by atoms with van der Waals surface area (Å²) in [5.41, 5.74) is 11.7. The zero-order chi connectivity index (χ0) is 33.7. The Morgan fingerprint density at radius 3 is 2.06 bits per heavy atom. The van der Waals surface area contributed by atoms with Crippen molar-refractivity contribution in [1.29, 1.82) is 0 Å². The quantitative estimate of drug-likeness (QED) is 0.176. The molecular weight excluding hydrogens is 641 g/mol. The van der Waals surface area contributed by atoms with Crippen LogP contribution in [0.1, 0.15) is 17.9 Å². The Morgan fingerprint density at radius 2 is 1.24 bits per heavy atom. The van der Waals surface area contributed by atoms with E-state index in [4.69, 9.17) is 9.72 Å². The predicted octanol–water partition coefficient (Wildman–Crippen LogP) is 12.9. The van der Waals surface area contributed by atoms with Gasteiger partial charge in [-0.2, -0.15) is 0 Å². The van der Waals surface area contributed by atoms with Crippen molar-refractivity contribution in [3.63, 3.8) is 0 Å². The number of thiazole rings is 1. The molecule has 1 aliphatic heterocycles. The first-order valence-corrected chi connectivity index (χ1v) is 18.2. The molecule has 7 aromatic carbocycles. The van der Waals surface area contributed by atoms with Crippen LogP contribution in [0, 0.1) is 0 Å². The minimum atomic E-state index is 0.0996. The van der Waals surface area contributed by atoms with Crippen LogP contribution in [-0.4, -0.2) is 4.98 Å². The van der Waals surface area contributed by atoms with Crippen molar-refractivity contribution >= 4 is 43.7 Å². The first kappa shape index (κ1) is 29.7. The van der Waals surface area contributed by atoms with Crippen LogP contribution in [-0.2, 0) is 0 Å². The van der Waals surface area contributed by atoms with Gasteiger partial charge in [-0.3, -0.25) is 0 Å². The number of benzene rings is 7. The van der Waals surface area contributed by atoms with Crippen molar-refractivity contribution < 1.29 is 4.74 Å². The molecule has 51 heavy (non-hydrogen) atoms. The van der Waals surface area contributed by atoms with E-state index >= 15 is 0 Å². The molecule has 0 saturated heterocycles. The maximum Gasteiger partial charge on any atom is 0.132 e.